The van der Waals surface area contributed by atoms with Crippen LogP contribution in [0.4, 0.5) is 5.82 Å². The third-order valence-corrected chi connectivity index (χ3v) is 3.22. The highest BCUT2D eigenvalue weighted by atomic mass is 16.2. The Morgan fingerprint density at radius 3 is 2.94 bits per heavy atom. The number of rotatable bonds is 0. The van der Waals surface area contributed by atoms with Gasteiger partial charge < -0.3 is 10.6 Å². The summed E-state index contributed by atoms with van der Waals surface area (Å²) in [5, 5.41) is 5.37. The van der Waals surface area contributed by atoms with Gasteiger partial charge in [-0.25, -0.2) is 9.97 Å². The average Bonchev–Trinajstić information content (AvgIpc) is 2.63. The van der Waals surface area contributed by atoms with Gasteiger partial charge in [0.1, 0.15) is 17.6 Å². The molecule has 2 aliphatic heterocycles. The van der Waals surface area contributed by atoms with Crippen LogP contribution >= 0.6 is 0 Å². The largest absolute Gasteiger partial charge is 0.355 e. The van der Waals surface area contributed by atoms with Crippen LogP contribution < -0.4 is 10.6 Å². The predicted molar refractivity (Wildman–Crippen MR) is 54.4 cm³/mol. The Balaban J connectivity index is 2.07. The summed E-state index contributed by atoms with van der Waals surface area (Å²) in [6.07, 6.45) is 3.95. The Hall–Kier alpha value is -1.98. The number of hydrogen-bond acceptors (Lipinski definition) is 4. The van der Waals surface area contributed by atoms with Gasteiger partial charge in [-0.3, -0.25) is 9.59 Å². The summed E-state index contributed by atoms with van der Waals surface area (Å²) < 4.78 is 0. The molecular formula is C10H10N4O2. The number of anilines is 1. The van der Waals surface area contributed by atoms with Crippen LogP contribution in [-0.2, 0) is 16.0 Å². The van der Waals surface area contributed by atoms with Crippen molar-refractivity contribution in [1.29, 1.82) is 0 Å². The third kappa shape index (κ3) is 1.07. The van der Waals surface area contributed by atoms with Crippen LogP contribution in [0.5, 0.6) is 0 Å². The summed E-state index contributed by atoms with van der Waals surface area (Å²) in [5.74, 6) is 0.0681. The minimum absolute atomic E-state index is 0.195. The highest BCUT2D eigenvalue weighted by molar-refractivity contribution is 6.13. The number of nitrogens with one attached hydrogen (secondary N) is 2. The summed E-state index contributed by atoms with van der Waals surface area (Å²) in [6, 6.07) is 0. The Morgan fingerprint density at radius 2 is 2.19 bits per heavy atom. The predicted octanol–water partition coefficient (Wildman–Crippen LogP) is -0.523. The number of amides is 2. The Morgan fingerprint density at radius 1 is 1.31 bits per heavy atom. The van der Waals surface area contributed by atoms with Crippen molar-refractivity contribution < 1.29 is 9.59 Å². The molecule has 2 amide bonds. The SMILES string of the molecule is O=C1NCCC12Cc1cncnc1NC2=O. The highest BCUT2D eigenvalue weighted by Crippen LogP contribution is 2.37. The van der Waals surface area contributed by atoms with Crippen molar-refractivity contribution in [3.8, 4) is 0 Å². The minimum atomic E-state index is -0.947. The van der Waals surface area contributed by atoms with Crippen LogP contribution in [0, 0.1) is 5.41 Å². The van der Waals surface area contributed by atoms with Gasteiger partial charge in [0, 0.05) is 24.7 Å². The maximum atomic E-state index is 12.0. The van der Waals surface area contributed by atoms with Gasteiger partial charge in [0.25, 0.3) is 0 Å². The molecule has 6 heteroatoms. The van der Waals surface area contributed by atoms with Gasteiger partial charge in [0.2, 0.25) is 11.8 Å². The zero-order valence-electron chi connectivity index (χ0n) is 8.49. The summed E-state index contributed by atoms with van der Waals surface area (Å²) in [4.78, 5) is 31.6. The number of aromatic nitrogens is 2. The number of carbonyl (C=O) groups excluding carboxylic acids is 2. The van der Waals surface area contributed by atoms with Gasteiger partial charge in [-0.05, 0) is 6.42 Å². The number of fused-ring (bicyclic) bond motifs is 1. The van der Waals surface area contributed by atoms with Crippen LogP contribution in [-0.4, -0.2) is 28.3 Å². The van der Waals surface area contributed by atoms with E-state index in [0.29, 0.717) is 25.2 Å². The minimum Gasteiger partial charge on any atom is -0.355 e. The molecule has 2 N–H and O–H groups in total. The van der Waals surface area contributed by atoms with Crippen molar-refractivity contribution in [3.63, 3.8) is 0 Å². The monoisotopic (exact) mass is 218 g/mol. The second kappa shape index (κ2) is 3.01. The second-order valence-corrected chi connectivity index (χ2v) is 4.12. The fourth-order valence-corrected chi connectivity index (χ4v) is 2.29. The molecule has 0 aliphatic carbocycles. The Labute approximate surface area is 91.5 Å². The lowest BCUT2D eigenvalue weighted by Crippen LogP contribution is -2.47. The molecule has 1 saturated heterocycles. The number of nitrogens with zero attached hydrogens (tertiary/aromatic N) is 2. The van der Waals surface area contributed by atoms with Crippen LogP contribution in [0.1, 0.15) is 12.0 Å². The number of carbonyl (C=O) groups is 2. The quantitative estimate of drug-likeness (QED) is 0.574. The lowest BCUT2D eigenvalue weighted by molar-refractivity contribution is -0.138. The lowest BCUT2D eigenvalue weighted by atomic mass is 9.77. The number of hydrogen-bond donors (Lipinski definition) is 2. The van der Waals surface area contributed by atoms with Crippen molar-refractivity contribution >= 4 is 17.6 Å². The molecule has 1 atom stereocenters. The van der Waals surface area contributed by atoms with Crippen molar-refractivity contribution in [2.24, 2.45) is 5.41 Å². The smallest absolute Gasteiger partial charge is 0.241 e. The van der Waals surface area contributed by atoms with E-state index in [4.69, 9.17) is 0 Å². The summed E-state index contributed by atoms with van der Waals surface area (Å²) in [6.45, 7) is 0.551. The van der Waals surface area contributed by atoms with Crippen molar-refractivity contribution in [3.05, 3.63) is 18.1 Å². The third-order valence-electron chi connectivity index (χ3n) is 3.22. The van der Waals surface area contributed by atoms with Gasteiger partial charge >= 0.3 is 0 Å². The molecule has 3 heterocycles. The summed E-state index contributed by atoms with van der Waals surface area (Å²) in [5.41, 5.74) is -0.128. The van der Waals surface area contributed by atoms with E-state index in [-0.39, 0.29) is 11.8 Å². The molecular weight excluding hydrogens is 208 g/mol. The molecule has 1 aromatic heterocycles. The fourth-order valence-electron chi connectivity index (χ4n) is 2.29. The molecule has 1 unspecified atom stereocenters. The first kappa shape index (κ1) is 9.26. The lowest BCUT2D eigenvalue weighted by Gasteiger charge is -2.29. The van der Waals surface area contributed by atoms with Gasteiger partial charge in [-0.15, -0.1) is 0 Å². The molecule has 0 radical (unpaired) electrons. The molecule has 6 nitrogen and oxygen atoms in total. The molecule has 3 rings (SSSR count). The second-order valence-electron chi connectivity index (χ2n) is 4.12. The Kier molecular flexibility index (Phi) is 1.74. The van der Waals surface area contributed by atoms with E-state index in [1.807, 2.05) is 0 Å². The molecule has 0 aromatic carbocycles. The molecule has 82 valence electrons. The molecule has 16 heavy (non-hydrogen) atoms. The molecule has 2 aliphatic rings. The molecule has 0 saturated carbocycles. The first-order valence-electron chi connectivity index (χ1n) is 5.11. The van der Waals surface area contributed by atoms with Crippen LogP contribution in [0.25, 0.3) is 0 Å². The van der Waals surface area contributed by atoms with E-state index in [0.717, 1.165) is 5.56 Å². The normalized spacial score (nSPS) is 27.5. The molecule has 0 bridgehead atoms. The van der Waals surface area contributed by atoms with E-state index in [1.54, 1.807) is 6.20 Å². The Bertz CT molecular complexity index is 487. The topological polar surface area (TPSA) is 84.0 Å². The van der Waals surface area contributed by atoms with Gasteiger partial charge in [-0.2, -0.15) is 0 Å². The van der Waals surface area contributed by atoms with E-state index < -0.39 is 5.41 Å². The summed E-state index contributed by atoms with van der Waals surface area (Å²) in [7, 11) is 0. The van der Waals surface area contributed by atoms with Crippen molar-refractivity contribution in [2.75, 3.05) is 11.9 Å². The van der Waals surface area contributed by atoms with Crippen LogP contribution in [0.15, 0.2) is 12.5 Å². The fraction of sp³-hybridized carbons (Fsp3) is 0.400. The zero-order valence-corrected chi connectivity index (χ0v) is 8.49. The average molecular weight is 218 g/mol. The highest BCUT2D eigenvalue weighted by Gasteiger charge is 2.51. The van der Waals surface area contributed by atoms with E-state index in [1.165, 1.54) is 6.33 Å². The molecule has 1 spiro atoms. The van der Waals surface area contributed by atoms with E-state index in [2.05, 4.69) is 20.6 Å². The van der Waals surface area contributed by atoms with Crippen molar-refractivity contribution in [1.82, 2.24) is 15.3 Å². The standard InChI is InChI=1S/C10H10N4O2/c15-8-10(1-2-12-8)3-6-4-11-5-13-7(6)14-9(10)16/h4-5H,1-3H2,(H,12,15)(H,11,13,14,16). The van der Waals surface area contributed by atoms with E-state index >= 15 is 0 Å². The first-order chi connectivity index (χ1) is 7.72. The van der Waals surface area contributed by atoms with Gasteiger partial charge in [0.05, 0.1) is 0 Å². The summed E-state index contributed by atoms with van der Waals surface area (Å²) >= 11 is 0. The maximum absolute atomic E-state index is 12.0. The van der Waals surface area contributed by atoms with Crippen LogP contribution in [0.2, 0.25) is 0 Å². The first-order valence-corrected chi connectivity index (χ1v) is 5.11. The molecule has 1 aromatic rings. The maximum Gasteiger partial charge on any atom is 0.241 e. The van der Waals surface area contributed by atoms with E-state index in [9.17, 15) is 9.59 Å². The van der Waals surface area contributed by atoms with Gasteiger partial charge in [-0.1, -0.05) is 0 Å². The molecule has 1 fully saturated rings. The van der Waals surface area contributed by atoms with Gasteiger partial charge in [0.15, 0.2) is 0 Å². The van der Waals surface area contributed by atoms with Crippen LogP contribution in [0.3, 0.4) is 0 Å². The van der Waals surface area contributed by atoms with Crippen molar-refractivity contribution in [2.45, 2.75) is 12.8 Å². The zero-order chi connectivity index (χ0) is 11.2.